The first-order valence-electron chi connectivity index (χ1n) is 9.35. The van der Waals surface area contributed by atoms with Crippen LogP contribution in [0.2, 0.25) is 0 Å². The molecule has 0 aliphatic rings. The van der Waals surface area contributed by atoms with Gasteiger partial charge in [0.05, 0.1) is 5.69 Å². The lowest BCUT2D eigenvalue weighted by Crippen LogP contribution is -2.03. The molecule has 2 aromatic heterocycles. The average molecular weight is 353 g/mol. The van der Waals surface area contributed by atoms with Crippen LogP contribution >= 0.6 is 0 Å². The SMILES string of the molecule is CC(C)Cc1ccccc1-n1ccnc1-c1cccc(-c2ccncc2)c1. The molecular formula is C24H23N3. The second-order valence-electron chi connectivity index (χ2n) is 7.16. The molecule has 2 heterocycles. The number of benzene rings is 2. The van der Waals surface area contributed by atoms with E-state index < -0.39 is 0 Å². The summed E-state index contributed by atoms with van der Waals surface area (Å²) in [4.78, 5) is 8.78. The van der Waals surface area contributed by atoms with Crippen molar-refractivity contribution in [3.05, 3.63) is 91.0 Å². The Labute approximate surface area is 160 Å². The smallest absolute Gasteiger partial charge is 0.144 e. The summed E-state index contributed by atoms with van der Waals surface area (Å²) in [5.41, 5.74) is 5.98. The van der Waals surface area contributed by atoms with Crippen LogP contribution in [-0.2, 0) is 6.42 Å². The molecule has 0 bridgehead atoms. The van der Waals surface area contributed by atoms with Gasteiger partial charge < -0.3 is 0 Å². The highest BCUT2D eigenvalue weighted by Crippen LogP contribution is 2.28. The third kappa shape index (κ3) is 3.68. The van der Waals surface area contributed by atoms with E-state index in [1.165, 1.54) is 16.8 Å². The van der Waals surface area contributed by atoms with Crippen LogP contribution in [0.15, 0.2) is 85.5 Å². The van der Waals surface area contributed by atoms with Crippen LogP contribution in [0.3, 0.4) is 0 Å². The Bertz CT molecular complexity index is 1030. The number of hydrogen-bond donors (Lipinski definition) is 0. The highest BCUT2D eigenvalue weighted by Gasteiger charge is 2.12. The van der Waals surface area contributed by atoms with Gasteiger partial charge in [-0.25, -0.2) is 4.98 Å². The molecule has 0 fully saturated rings. The zero-order valence-electron chi connectivity index (χ0n) is 15.7. The van der Waals surface area contributed by atoms with Gasteiger partial charge in [0.25, 0.3) is 0 Å². The highest BCUT2D eigenvalue weighted by molar-refractivity contribution is 5.71. The van der Waals surface area contributed by atoms with Crippen LogP contribution in [0.25, 0.3) is 28.2 Å². The van der Waals surface area contributed by atoms with Gasteiger partial charge in [-0.3, -0.25) is 9.55 Å². The lowest BCUT2D eigenvalue weighted by Gasteiger charge is -2.15. The van der Waals surface area contributed by atoms with Crippen molar-refractivity contribution in [3.8, 4) is 28.2 Å². The molecule has 0 atom stereocenters. The zero-order valence-corrected chi connectivity index (χ0v) is 15.7. The van der Waals surface area contributed by atoms with Gasteiger partial charge in [-0.1, -0.05) is 50.2 Å². The maximum Gasteiger partial charge on any atom is 0.144 e. The second kappa shape index (κ2) is 7.58. The van der Waals surface area contributed by atoms with Crippen molar-refractivity contribution in [2.75, 3.05) is 0 Å². The number of nitrogens with zero attached hydrogens (tertiary/aromatic N) is 3. The van der Waals surface area contributed by atoms with Gasteiger partial charge >= 0.3 is 0 Å². The Kier molecular flexibility index (Phi) is 4.84. The first-order chi connectivity index (χ1) is 13.2. The topological polar surface area (TPSA) is 30.7 Å². The zero-order chi connectivity index (χ0) is 18.6. The standard InChI is InChI=1S/C24H23N3/c1-18(2)16-21-6-3-4-9-23(21)27-15-14-26-24(27)22-8-5-7-20(17-22)19-10-12-25-13-11-19/h3-15,17-18H,16H2,1-2H3. The summed E-state index contributed by atoms with van der Waals surface area (Å²) in [6.45, 7) is 4.51. The van der Waals surface area contributed by atoms with Gasteiger partial charge in [0.2, 0.25) is 0 Å². The van der Waals surface area contributed by atoms with Crippen LogP contribution < -0.4 is 0 Å². The molecule has 0 spiro atoms. The van der Waals surface area contributed by atoms with Crippen molar-refractivity contribution in [2.24, 2.45) is 5.92 Å². The van der Waals surface area contributed by atoms with Crippen molar-refractivity contribution >= 4 is 0 Å². The maximum atomic E-state index is 4.67. The molecule has 27 heavy (non-hydrogen) atoms. The number of hydrogen-bond acceptors (Lipinski definition) is 2. The summed E-state index contributed by atoms with van der Waals surface area (Å²) < 4.78 is 2.20. The third-order valence-electron chi connectivity index (χ3n) is 4.65. The number of imidazole rings is 1. The minimum Gasteiger partial charge on any atom is -0.300 e. The third-order valence-corrected chi connectivity index (χ3v) is 4.65. The van der Waals surface area contributed by atoms with Crippen molar-refractivity contribution < 1.29 is 0 Å². The van der Waals surface area contributed by atoms with E-state index in [1.54, 1.807) is 0 Å². The molecule has 0 saturated heterocycles. The molecule has 0 aliphatic heterocycles. The van der Waals surface area contributed by atoms with E-state index in [0.717, 1.165) is 23.4 Å². The van der Waals surface area contributed by atoms with Crippen molar-refractivity contribution in [2.45, 2.75) is 20.3 Å². The van der Waals surface area contributed by atoms with Crippen LogP contribution in [0.4, 0.5) is 0 Å². The van der Waals surface area contributed by atoms with E-state index in [4.69, 9.17) is 0 Å². The lowest BCUT2D eigenvalue weighted by atomic mass is 10.0. The Morgan fingerprint density at radius 3 is 2.41 bits per heavy atom. The highest BCUT2D eigenvalue weighted by atomic mass is 15.1. The van der Waals surface area contributed by atoms with Crippen molar-refractivity contribution in [3.63, 3.8) is 0 Å². The average Bonchev–Trinajstić information content (AvgIpc) is 3.18. The predicted molar refractivity (Wildman–Crippen MR) is 111 cm³/mol. The molecule has 3 heteroatoms. The number of aromatic nitrogens is 3. The van der Waals surface area contributed by atoms with Crippen LogP contribution in [0, 0.1) is 5.92 Å². The van der Waals surface area contributed by atoms with E-state index in [9.17, 15) is 0 Å². The molecule has 0 unspecified atom stereocenters. The molecule has 0 aliphatic carbocycles. The van der Waals surface area contributed by atoms with Crippen LogP contribution in [0.5, 0.6) is 0 Å². The summed E-state index contributed by atoms with van der Waals surface area (Å²) in [5.74, 6) is 1.57. The molecule has 3 nitrogen and oxygen atoms in total. The molecule has 0 radical (unpaired) electrons. The van der Waals surface area contributed by atoms with E-state index in [0.29, 0.717) is 5.92 Å². The summed E-state index contributed by atoms with van der Waals surface area (Å²) in [5, 5.41) is 0. The van der Waals surface area contributed by atoms with Crippen molar-refractivity contribution in [1.82, 2.24) is 14.5 Å². The van der Waals surface area contributed by atoms with E-state index in [1.807, 2.05) is 36.9 Å². The van der Waals surface area contributed by atoms with E-state index >= 15 is 0 Å². The fourth-order valence-electron chi connectivity index (χ4n) is 3.45. The van der Waals surface area contributed by atoms with E-state index in [2.05, 4.69) is 76.9 Å². The second-order valence-corrected chi connectivity index (χ2v) is 7.16. The summed E-state index contributed by atoms with van der Waals surface area (Å²) in [7, 11) is 0. The van der Waals surface area contributed by atoms with Gasteiger partial charge in [0.1, 0.15) is 5.82 Å². The molecule has 134 valence electrons. The molecule has 2 aromatic carbocycles. The van der Waals surface area contributed by atoms with Gasteiger partial charge in [-0.05, 0) is 53.3 Å². The Morgan fingerprint density at radius 1 is 0.815 bits per heavy atom. The Morgan fingerprint density at radius 2 is 1.59 bits per heavy atom. The van der Waals surface area contributed by atoms with Crippen molar-refractivity contribution in [1.29, 1.82) is 0 Å². The van der Waals surface area contributed by atoms with Gasteiger partial charge in [-0.15, -0.1) is 0 Å². The quantitative estimate of drug-likeness (QED) is 0.454. The summed E-state index contributed by atoms with van der Waals surface area (Å²) in [6.07, 6.45) is 8.62. The number of rotatable bonds is 5. The number of para-hydroxylation sites is 1. The minimum atomic E-state index is 0.605. The van der Waals surface area contributed by atoms with Crippen LogP contribution in [0.1, 0.15) is 19.4 Å². The Balaban J connectivity index is 1.78. The normalized spacial score (nSPS) is 11.1. The van der Waals surface area contributed by atoms with Gasteiger partial charge in [0, 0.05) is 30.4 Å². The molecule has 0 N–H and O–H groups in total. The molecule has 4 aromatic rings. The largest absolute Gasteiger partial charge is 0.300 e. The van der Waals surface area contributed by atoms with E-state index in [-0.39, 0.29) is 0 Å². The van der Waals surface area contributed by atoms with Gasteiger partial charge in [0.15, 0.2) is 0 Å². The number of pyridine rings is 1. The Hall–Kier alpha value is -3.20. The molecule has 0 amide bonds. The summed E-state index contributed by atoms with van der Waals surface area (Å²) >= 11 is 0. The first-order valence-corrected chi connectivity index (χ1v) is 9.35. The maximum absolute atomic E-state index is 4.67. The first kappa shape index (κ1) is 17.2. The monoisotopic (exact) mass is 353 g/mol. The fraction of sp³-hybridized carbons (Fsp3) is 0.167. The van der Waals surface area contributed by atoms with Crippen LogP contribution in [-0.4, -0.2) is 14.5 Å². The fourth-order valence-corrected chi connectivity index (χ4v) is 3.45. The minimum absolute atomic E-state index is 0.605. The molecule has 4 rings (SSSR count). The van der Waals surface area contributed by atoms with Gasteiger partial charge in [-0.2, -0.15) is 0 Å². The molecule has 0 saturated carbocycles. The predicted octanol–water partition coefficient (Wildman–Crippen LogP) is 5.80. The summed E-state index contributed by atoms with van der Waals surface area (Å²) in [6, 6.07) is 21.2. The lowest BCUT2D eigenvalue weighted by molar-refractivity contribution is 0.645. The molecular weight excluding hydrogens is 330 g/mol.